The van der Waals surface area contributed by atoms with E-state index in [0.29, 0.717) is 27.9 Å². The normalized spacial score (nSPS) is 11.0. The van der Waals surface area contributed by atoms with E-state index in [0.717, 1.165) is 10.6 Å². The Labute approximate surface area is 147 Å². The van der Waals surface area contributed by atoms with Crippen molar-refractivity contribution in [3.8, 4) is 5.75 Å². The monoisotopic (exact) mass is 359 g/mol. The van der Waals surface area contributed by atoms with E-state index in [4.69, 9.17) is 9.15 Å². The van der Waals surface area contributed by atoms with Crippen molar-refractivity contribution in [3.63, 3.8) is 0 Å². The summed E-state index contributed by atoms with van der Waals surface area (Å²) in [5.41, 5.74) is 1.59. The van der Waals surface area contributed by atoms with Gasteiger partial charge in [0.1, 0.15) is 22.8 Å². The lowest BCUT2D eigenvalue weighted by atomic mass is 10.0. The fourth-order valence-electron chi connectivity index (χ4n) is 2.64. The van der Waals surface area contributed by atoms with Gasteiger partial charge in [-0.1, -0.05) is 6.92 Å². The third-order valence-electron chi connectivity index (χ3n) is 3.86. The number of phenols is 1. The number of carbonyl (C=O) groups is 1. The molecule has 6 nitrogen and oxygen atoms in total. The Bertz CT molecular complexity index is 1020. The van der Waals surface area contributed by atoms with Crippen molar-refractivity contribution in [2.75, 3.05) is 0 Å². The van der Waals surface area contributed by atoms with Crippen molar-refractivity contribution in [1.29, 1.82) is 0 Å². The molecule has 130 valence electrons. The van der Waals surface area contributed by atoms with E-state index in [1.807, 2.05) is 13.8 Å². The number of aromatic hydroxyl groups is 1. The Morgan fingerprint density at radius 1 is 1.28 bits per heavy atom. The molecule has 0 fully saturated rings. The quantitative estimate of drug-likeness (QED) is 0.566. The van der Waals surface area contributed by atoms with Crippen molar-refractivity contribution < 1.29 is 19.1 Å². The highest BCUT2D eigenvalue weighted by Gasteiger charge is 2.17. The van der Waals surface area contributed by atoms with Crippen LogP contribution in [-0.2, 0) is 17.8 Å². The van der Waals surface area contributed by atoms with Crippen LogP contribution in [0.15, 0.2) is 27.4 Å². The lowest BCUT2D eigenvalue weighted by molar-refractivity contribution is 0.0478. The summed E-state index contributed by atoms with van der Waals surface area (Å²) >= 11 is 1.27. The molecule has 0 spiro atoms. The Morgan fingerprint density at radius 2 is 2.04 bits per heavy atom. The lowest BCUT2D eigenvalue weighted by Gasteiger charge is -2.09. The molecule has 0 saturated carbocycles. The molecule has 2 aromatic heterocycles. The van der Waals surface area contributed by atoms with Gasteiger partial charge < -0.3 is 14.3 Å². The molecule has 0 saturated heterocycles. The average Bonchev–Trinajstić information content (AvgIpc) is 2.90. The minimum absolute atomic E-state index is 0.0642. The topological polar surface area (TPSA) is 89.6 Å². The molecule has 3 aromatic rings. The SMILES string of the molecule is CCc1cc2c(COC(=O)c3sc(C)nc3C)cc(=O)oc2cc1O. The number of hydrogen-bond donors (Lipinski definition) is 1. The fraction of sp³-hybridized carbons (Fsp3) is 0.278. The molecule has 0 radical (unpaired) electrons. The van der Waals surface area contributed by atoms with Crippen LogP contribution in [0.3, 0.4) is 0 Å². The van der Waals surface area contributed by atoms with Crippen molar-refractivity contribution in [2.24, 2.45) is 0 Å². The van der Waals surface area contributed by atoms with Crippen LogP contribution in [-0.4, -0.2) is 16.1 Å². The lowest BCUT2D eigenvalue weighted by Crippen LogP contribution is -2.08. The molecular formula is C18H17NO5S. The number of fused-ring (bicyclic) bond motifs is 1. The Kier molecular flexibility index (Phi) is 4.59. The molecular weight excluding hydrogens is 342 g/mol. The van der Waals surface area contributed by atoms with Crippen molar-refractivity contribution in [1.82, 2.24) is 4.98 Å². The van der Waals surface area contributed by atoms with Crippen molar-refractivity contribution in [2.45, 2.75) is 33.8 Å². The van der Waals surface area contributed by atoms with Gasteiger partial charge in [-0.15, -0.1) is 11.3 Å². The first-order valence-electron chi connectivity index (χ1n) is 7.78. The minimum atomic E-state index is -0.563. The Morgan fingerprint density at radius 3 is 2.68 bits per heavy atom. The van der Waals surface area contributed by atoms with Gasteiger partial charge in [-0.05, 0) is 31.9 Å². The average molecular weight is 359 g/mol. The maximum absolute atomic E-state index is 12.3. The molecule has 0 unspecified atom stereocenters. The standard InChI is InChI=1S/C18H17NO5S/c1-4-11-5-13-12(6-16(21)24-15(13)7-14(11)20)8-23-18(22)17-9(2)19-10(3)25-17/h5-7,20H,4,8H2,1-3H3. The van der Waals surface area contributed by atoms with Gasteiger partial charge in [0, 0.05) is 23.1 Å². The zero-order valence-corrected chi connectivity index (χ0v) is 14.9. The van der Waals surface area contributed by atoms with E-state index in [1.54, 1.807) is 13.0 Å². The van der Waals surface area contributed by atoms with Gasteiger partial charge in [0.25, 0.3) is 0 Å². The molecule has 0 aliphatic heterocycles. The highest BCUT2D eigenvalue weighted by Crippen LogP contribution is 2.27. The number of esters is 1. The summed E-state index contributed by atoms with van der Waals surface area (Å²) in [5.74, 6) is -0.401. The second-order valence-electron chi connectivity index (χ2n) is 5.64. The third-order valence-corrected chi connectivity index (χ3v) is 4.91. The van der Waals surface area contributed by atoms with Crippen LogP contribution in [0.2, 0.25) is 0 Å². The maximum atomic E-state index is 12.3. The van der Waals surface area contributed by atoms with E-state index < -0.39 is 11.6 Å². The van der Waals surface area contributed by atoms with Gasteiger partial charge in [-0.3, -0.25) is 0 Å². The maximum Gasteiger partial charge on any atom is 0.350 e. The molecule has 7 heteroatoms. The van der Waals surface area contributed by atoms with Gasteiger partial charge in [0.05, 0.1) is 10.7 Å². The summed E-state index contributed by atoms with van der Waals surface area (Å²) in [6.07, 6.45) is 0.624. The van der Waals surface area contributed by atoms with Crippen LogP contribution in [0, 0.1) is 13.8 Å². The first-order chi connectivity index (χ1) is 11.9. The third kappa shape index (κ3) is 3.41. The summed E-state index contributed by atoms with van der Waals surface area (Å²) in [5, 5.41) is 11.4. The molecule has 0 atom stereocenters. The van der Waals surface area contributed by atoms with Crippen LogP contribution in [0.25, 0.3) is 11.0 Å². The molecule has 2 heterocycles. The highest BCUT2D eigenvalue weighted by molar-refractivity contribution is 7.13. The number of nitrogens with zero attached hydrogens (tertiary/aromatic N) is 1. The highest BCUT2D eigenvalue weighted by atomic mass is 32.1. The van der Waals surface area contributed by atoms with E-state index >= 15 is 0 Å². The smallest absolute Gasteiger partial charge is 0.350 e. The van der Waals surface area contributed by atoms with E-state index in [2.05, 4.69) is 4.98 Å². The number of hydrogen-bond acceptors (Lipinski definition) is 7. The molecule has 1 N–H and O–H groups in total. The van der Waals surface area contributed by atoms with Gasteiger partial charge in [-0.25, -0.2) is 14.6 Å². The van der Waals surface area contributed by atoms with Gasteiger partial charge in [-0.2, -0.15) is 0 Å². The zero-order chi connectivity index (χ0) is 18.1. The molecule has 0 amide bonds. The Balaban J connectivity index is 1.94. The molecule has 3 rings (SSSR count). The molecule has 0 bridgehead atoms. The second-order valence-corrected chi connectivity index (χ2v) is 6.85. The van der Waals surface area contributed by atoms with Crippen molar-refractivity contribution in [3.05, 3.63) is 55.3 Å². The van der Waals surface area contributed by atoms with Gasteiger partial charge in [0.2, 0.25) is 0 Å². The fourth-order valence-corrected chi connectivity index (χ4v) is 3.45. The van der Waals surface area contributed by atoms with Crippen LogP contribution in [0.1, 0.15) is 38.4 Å². The summed E-state index contributed by atoms with van der Waals surface area (Å²) in [6, 6.07) is 4.47. The van der Waals surface area contributed by atoms with E-state index in [-0.39, 0.29) is 17.9 Å². The number of phenolic OH excluding ortho intramolecular Hbond substituents is 1. The number of ether oxygens (including phenoxy) is 1. The van der Waals surface area contributed by atoms with Crippen LogP contribution in [0.5, 0.6) is 5.75 Å². The number of rotatable bonds is 4. The van der Waals surface area contributed by atoms with E-state index in [9.17, 15) is 14.7 Å². The molecule has 0 aliphatic carbocycles. The minimum Gasteiger partial charge on any atom is -0.508 e. The second kappa shape index (κ2) is 6.68. The predicted molar refractivity (Wildman–Crippen MR) is 94.2 cm³/mol. The summed E-state index contributed by atoms with van der Waals surface area (Å²) < 4.78 is 10.5. The first-order valence-corrected chi connectivity index (χ1v) is 8.60. The largest absolute Gasteiger partial charge is 0.508 e. The van der Waals surface area contributed by atoms with Gasteiger partial charge in [0.15, 0.2) is 0 Å². The number of thiazole rings is 1. The van der Waals surface area contributed by atoms with Crippen LogP contribution < -0.4 is 5.63 Å². The molecule has 25 heavy (non-hydrogen) atoms. The zero-order valence-electron chi connectivity index (χ0n) is 14.1. The predicted octanol–water partition coefficient (Wildman–Crippen LogP) is 3.49. The molecule has 0 aliphatic rings. The van der Waals surface area contributed by atoms with E-state index in [1.165, 1.54) is 23.5 Å². The number of aromatic nitrogens is 1. The van der Waals surface area contributed by atoms with Gasteiger partial charge >= 0.3 is 11.6 Å². The first kappa shape index (κ1) is 17.2. The Hall–Kier alpha value is -2.67. The number of aryl methyl sites for hydroxylation is 3. The van der Waals surface area contributed by atoms with Crippen molar-refractivity contribution >= 4 is 28.3 Å². The summed E-state index contributed by atoms with van der Waals surface area (Å²) in [6.45, 7) is 5.42. The summed E-state index contributed by atoms with van der Waals surface area (Å²) in [7, 11) is 0. The van der Waals surface area contributed by atoms with Crippen LogP contribution in [0.4, 0.5) is 0 Å². The summed E-state index contributed by atoms with van der Waals surface area (Å²) in [4.78, 5) is 28.7. The van der Waals surface area contributed by atoms with Crippen LogP contribution >= 0.6 is 11.3 Å². The number of carbonyl (C=O) groups excluding carboxylic acids is 1. The molecule has 1 aromatic carbocycles. The number of benzene rings is 1.